The summed E-state index contributed by atoms with van der Waals surface area (Å²) in [5.74, 6) is 1.65. The second-order valence-corrected chi connectivity index (χ2v) is 11.6. The molecule has 3 aromatic rings. The van der Waals surface area contributed by atoms with E-state index in [1.54, 1.807) is 21.8 Å². The predicted octanol–water partition coefficient (Wildman–Crippen LogP) is 1.98. The molecule has 11 heteroatoms. The number of thiophene rings is 1. The number of aryl methyl sites for hydroxylation is 1. The molecule has 0 unspecified atom stereocenters. The zero-order chi connectivity index (χ0) is 23.0. The van der Waals surface area contributed by atoms with Crippen LogP contribution in [0.2, 0.25) is 0 Å². The van der Waals surface area contributed by atoms with Crippen molar-refractivity contribution >= 4 is 37.4 Å². The molecule has 0 aromatic carbocycles. The number of aromatic nitrogens is 3. The molecule has 2 aliphatic heterocycles. The molecule has 2 fully saturated rings. The number of fused-ring (bicyclic) bond motifs is 1. The molecule has 2 saturated heterocycles. The minimum absolute atomic E-state index is 0.535. The van der Waals surface area contributed by atoms with Crippen LogP contribution in [0.4, 0.5) is 5.82 Å². The van der Waals surface area contributed by atoms with Gasteiger partial charge in [-0.25, -0.2) is 18.4 Å². The standard InChI is InChI=1S/C22H28N6O3S2/c1-16-3-4-23-14-19(16)20-24-21(27-9-11-31-12-10-27)18-13-17(32-22(18)25-20)15-26-5-7-28(8-6-26)33(2,29)30/h3-4,13-14H,5-12,15H2,1-2H3. The van der Waals surface area contributed by atoms with Crippen molar-refractivity contribution in [3.8, 4) is 11.4 Å². The van der Waals surface area contributed by atoms with Crippen molar-refractivity contribution in [2.75, 3.05) is 63.6 Å². The van der Waals surface area contributed by atoms with Crippen LogP contribution >= 0.6 is 11.3 Å². The summed E-state index contributed by atoms with van der Waals surface area (Å²) in [7, 11) is -3.13. The fraction of sp³-hybridized carbons (Fsp3) is 0.500. The van der Waals surface area contributed by atoms with Crippen molar-refractivity contribution < 1.29 is 13.2 Å². The monoisotopic (exact) mass is 488 g/mol. The third-order valence-corrected chi connectivity index (χ3v) is 8.51. The Morgan fingerprint density at radius 2 is 1.85 bits per heavy atom. The average molecular weight is 489 g/mol. The van der Waals surface area contributed by atoms with E-state index in [9.17, 15) is 8.42 Å². The van der Waals surface area contributed by atoms with E-state index in [1.165, 1.54) is 11.1 Å². The van der Waals surface area contributed by atoms with E-state index in [2.05, 4.69) is 27.8 Å². The van der Waals surface area contributed by atoms with E-state index in [-0.39, 0.29) is 0 Å². The average Bonchev–Trinajstić information content (AvgIpc) is 3.21. The number of hydrogen-bond acceptors (Lipinski definition) is 9. The zero-order valence-corrected chi connectivity index (χ0v) is 20.5. The maximum absolute atomic E-state index is 11.8. The van der Waals surface area contributed by atoms with Gasteiger partial charge in [-0.1, -0.05) is 0 Å². The Bertz CT molecular complexity index is 1250. The van der Waals surface area contributed by atoms with Gasteiger partial charge < -0.3 is 9.64 Å². The highest BCUT2D eigenvalue weighted by atomic mass is 32.2. The fourth-order valence-electron chi connectivity index (χ4n) is 4.31. The number of pyridine rings is 1. The van der Waals surface area contributed by atoms with Crippen LogP contribution < -0.4 is 4.90 Å². The minimum atomic E-state index is -3.13. The summed E-state index contributed by atoms with van der Waals surface area (Å²) >= 11 is 1.69. The first kappa shape index (κ1) is 22.6. The summed E-state index contributed by atoms with van der Waals surface area (Å²) in [4.78, 5) is 21.0. The van der Waals surface area contributed by atoms with Gasteiger partial charge in [-0.05, 0) is 24.6 Å². The van der Waals surface area contributed by atoms with Crippen molar-refractivity contribution in [1.29, 1.82) is 0 Å². The van der Waals surface area contributed by atoms with Gasteiger partial charge in [0.15, 0.2) is 5.82 Å². The van der Waals surface area contributed by atoms with Gasteiger partial charge in [0.1, 0.15) is 10.6 Å². The van der Waals surface area contributed by atoms with E-state index in [4.69, 9.17) is 14.7 Å². The Kier molecular flexibility index (Phi) is 6.32. The highest BCUT2D eigenvalue weighted by molar-refractivity contribution is 7.88. The van der Waals surface area contributed by atoms with Crippen LogP contribution in [0.25, 0.3) is 21.6 Å². The summed E-state index contributed by atoms with van der Waals surface area (Å²) in [6.07, 6.45) is 4.89. The third kappa shape index (κ3) is 4.87. The van der Waals surface area contributed by atoms with Crippen LogP contribution in [0, 0.1) is 6.92 Å². The molecule has 5 rings (SSSR count). The fourth-order valence-corrected chi connectivity index (χ4v) is 6.20. The first-order valence-corrected chi connectivity index (χ1v) is 13.8. The second-order valence-electron chi connectivity index (χ2n) is 8.53. The third-order valence-electron chi connectivity index (χ3n) is 6.19. The SMILES string of the molecule is Cc1ccncc1-c1nc(N2CCOCC2)c2cc(CN3CCN(S(C)(=O)=O)CC3)sc2n1. The Hall–Kier alpha value is -2.18. The number of morpholine rings is 1. The summed E-state index contributed by atoms with van der Waals surface area (Å²) in [6.45, 7) is 8.33. The lowest BCUT2D eigenvalue weighted by molar-refractivity contribution is 0.122. The van der Waals surface area contributed by atoms with E-state index in [0.717, 1.165) is 59.9 Å². The number of ether oxygens (including phenoxy) is 1. The normalized spacial score (nSPS) is 18.8. The second kappa shape index (κ2) is 9.22. The topological polar surface area (TPSA) is 91.8 Å². The molecular weight excluding hydrogens is 460 g/mol. The Balaban J connectivity index is 1.46. The Morgan fingerprint density at radius 1 is 1.09 bits per heavy atom. The van der Waals surface area contributed by atoms with Gasteiger partial charge in [0.05, 0.1) is 24.9 Å². The molecule has 0 spiro atoms. The van der Waals surface area contributed by atoms with Crippen LogP contribution in [0.1, 0.15) is 10.4 Å². The lowest BCUT2D eigenvalue weighted by atomic mass is 10.1. The van der Waals surface area contributed by atoms with Crippen molar-refractivity contribution in [3.63, 3.8) is 0 Å². The molecule has 3 aromatic heterocycles. The zero-order valence-electron chi connectivity index (χ0n) is 18.9. The first-order valence-electron chi connectivity index (χ1n) is 11.1. The predicted molar refractivity (Wildman–Crippen MR) is 130 cm³/mol. The lowest BCUT2D eigenvalue weighted by Gasteiger charge is -2.32. The molecular formula is C22H28N6O3S2. The Labute approximate surface area is 198 Å². The molecule has 0 amide bonds. The highest BCUT2D eigenvalue weighted by Crippen LogP contribution is 2.34. The molecule has 33 heavy (non-hydrogen) atoms. The van der Waals surface area contributed by atoms with Gasteiger partial charge in [0.25, 0.3) is 0 Å². The van der Waals surface area contributed by atoms with Gasteiger partial charge in [-0.15, -0.1) is 11.3 Å². The quantitative estimate of drug-likeness (QED) is 0.538. The summed E-state index contributed by atoms with van der Waals surface area (Å²) in [6, 6.07) is 4.18. The minimum Gasteiger partial charge on any atom is -0.378 e. The maximum Gasteiger partial charge on any atom is 0.211 e. The van der Waals surface area contributed by atoms with E-state index in [0.29, 0.717) is 32.1 Å². The van der Waals surface area contributed by atoms with Crippen LogP contribution in [0.5, 0.6) is 0 Å². The van der Waals surface area contributed by atoms with Crippen molar-refractivity contribution in [3.05, 3.63) is 35.0 Å². The molecule has 0 atom stereocenters. The molecule has 176 valence electrons. The molecule has 0 bridgehead atoms. The van der Waals surface area contributed by atoms with Gasteiger partial charge in [0, 0.05) is 68.6 Å². The van der Waals surface area contributed by atoms with Gasteiger partial charge in [-0.3, -0.25) is 9.88 Å². The molecule has 2 aliphatic rings. The number of piperazine rings is 1. The molecule has 0 radical (unpaired) electrons. The smallest absolute Gasteiger partial charge is 0.211 e. The molecule has 5 heterocycles. The molecule has 0 N–H and O–H groups in total. The van der Waals surface area contributed by atoms with Gasteiger partial charge >= 0.3 is 0 Å². The summed E-state index contributed by atoms with van der Waals surface area (Å²) in [5.41, 5.74) is 2.04. The van der Waals surface area contributed by atoms with Crippen LogP contribution in [0.15, 0.2) is 24.5 Å². The van der Waals surface area contributed by atoms with Gasteiger partial charge in [-0.2, -0.15) is 4.31 Å². The largest absolute Gasteiger partial charge is 0.378 e. The number of rotatable bonds is 5. The van der Waals surface area contributed by atoms with Crippen molar-refractivity contribution in [2.45, 2.75) is 13.5 Å². The number of anilines is 1. The van der Waals surface area contributed by atoms with E-state index in [1.807, 2.05) is 12.3 Å². The van der Waals surface area contributed by atoms with Crippen molar-refractivity contribution in [2.24, 2.45) is 0 Å². The number of sulfonamides is 1. The van der Waals surface area contributed by atoms with Crippen LogP contribution in [-0.2, 0) is 21.3 Å². The molecule has 0 saturated carbocycles. The number of nitrogens with zero attached hydrogens (tertiary/aromatic N) is 6. The van der Waals surface area contributed by atoms with Crippen molar-refractivity contribution in [1.82, 2.24) is 24.2 Å². The molecule has 9 nitrogen and oxygen atoms in total. The Morgan fingerprint density at radius 3 is 2.55 bits per heavy atom. The lowest BCUT2D eigenvalue weighted by Crippen LogP contribution is -2.47. The highest BCUT2D eigenvalue weighted by Gasteiger charge is 2.25. The van der Waals surface area contributed by atoms with Crippen LogP contribution in [0.3, 0.4) is 0 Å². The summed E-state index contributed by atoms with van der Waals surface area (Å²) in [5, 5.41) is 1.07. The maximum atomic E-state index is 11.8. The first-order chi connectivity index (χ1) is 15.9. The summed E-state index contributed by atoms with van der Waals surface area (Å²) < 4.78 is 30.7. The number of hydrogen-bond donors (Lipinski definition) is 0. The van der Waals surface area contributed by atoms with E-state index >= 15 is 0 Å². The molecule has 0 aliphatic carbocycles. The van der Waals surface area contributed by atoms with E-state index < -0.39 is 10.0 Å². The van der Waals surface area contributed by atoms with Crippen LogP contribution in [-0.4, -0.2) is 91.3 Å². The van der Waals surface area contributed by atoms with Gasteiger partial charge in [0.2, 0.25) is 10.0 Å².